The van der Waals surface area contributed by atoms with Crippen molar-refractivity contribution in [2.24, 2.45) is 5.73 Å². The molecule has 1 unspecified atom stereocenters. The SMILES string of the molecule is CCCC(C)Sc1nnc(C)n1CCN. The van der Waals surface area contributed by atoms with Crippen LogP contribution in [0, 0.1) is 6.92 Å². The molecule has 0 aliphatic carbocycles. The van der Waals surface area contributed by atoms with E-state index in [2.05, 4.69) is 28.6 Å². The van der Waals surface area contributed by atoms with E-state index in [0.717, 1.165) is 17.5 Å². The number of nitrogens with zero attached hydrogens (tertiary/aromatic N) is 3. The van der Waals surface area contributed by atoms with Crippen LogP contribution in [-0.2, 0) is 6.54 Å². The minimum atomic E-state index is 0.593. The molecular weight excluding hydrogens is 208 g/mol. The zero-order chi connectivity index (χ0) is 11.3. The van der Waals surface area contributed by atoms with Crippen LogP contribution < -0.4 is 5.73 Å². The molecule has 0 aliphatic rings. The summed E-state index contributed by atoms with van der Waals surface area (Å²) in [5.41, 5.74) is 5.56. The third-order valence-corrected chi connectivity index (χ3v) is 3.41. The Morgan fingerprint density at radius 3 is 2.80 bits per heavy atom. The van der Waals surface area contributed by atoms with Crippen LogP contribution in [0.15, 0.2) is 5.16 Å². The molecule has 0 amide bonds. The van der Waals surface area contributed by atoms with Crippen LogP contribution in [0.4, 0.5) is 0 Å². The van der Waals surface area contributed by atoms with Gasteiger partial charge in [0, 0.05) is 18.3 Å². The minimum Gasteiger partial charge on any atom is -0.329 e. The molecular formula is C10H20N4S. The Morgan fingerprint density at radius 1 is 1.47 bits per heavy atom. The Morgan fingerprint density at radius 2 is 2.20 bits per heavy atom. The van der Waals surface area contributed by atoms with Crippen molar-refractivity contribution in [1.82, 2.24) is 14.8 Å². The van der Waals surface area contributed by atoms with Crippen LogP contribution >= 0.6 is 11.8 Å². The molecule has 1 atom stereocenters. The summed E-state index contributed by atoms with van der Waals surface area (Å²) in [6, 6.07) is 0. The van der Waals surface area contributed by atoms with E-state index in [9.17, 15) is 0 Å². The van der Waals surface area contributed by atoms with Gasteiger partial charge in [-0.25, -0.2) is 0 Å². The first-order valence-corrected chi connectivity index (χ1v) is 6.33. The second kappa shape index (κ2) is 6.12. The van der Waals surface area contributed by atoms with Gasteiger partial charge in [-0.2, -0.15) is 0 Å². The molecule has 0 saturated heterocycles. The standard InChI is InChI=1S/C10H20N4S/c1-4-5-8(2)15-10-13-12-9(3)14(10)7-6-11/h8H,4-7,11H2,1-3H3. The molecule has 0 radical (unpaired) electrons. The van der Waals surface area contributed by atoms with E-state index in [1.165, 1.54) is 12.8 Å². The van der Waals surface area contributed by atoms with Crippen molar-refractivity contribution >= 4 is 11.8 Å². The zero-order valence-corrected chi connectivity index (χ0v) is 10.5. The number of thioether (sulfide) groups is 1. The molecule has 0 bridgehead atoms. The van der Waals surface area contributed by atoms with Crippen molar-refractivity contribution in [3.05, 3.63) is 5.82 Å². The highest BCUT2D eigenvalue weighted by Gasteiger charge is 2.11. The molecule has 2 N–H and O–H groups in total. The Labute approximate surface area is 95.6 Å². The summed E-state index contributed by atoms with van der Waals surface area (Å²) in [4.78, 5) is 0. The van der Waals surface area contributed by atoms with Gasteiger partial charge in [0.15, 0.2) is 5.16 Å². The number of nitrogens with two attached hydrogens (primary N) is 1. The number of hydrogen-bond donors (Lipinski definition) is 1. The van der Waals surface area contributed by atoms with Gasteiger partial charge >= 0.3 is 0 Å². The molecule has 1 aromatic rings. The molecule has 0 aromatic carbocycles. The monoisotopic (exact) mass is 228 g/mol. The average molecular weight is 228 g/mol. The Balaban J connectivity index is 2.67. The molecule has 15 heavy (non-hydrogen) atoms. The van der Waals surface area contributed by atoms with E-state index >= 15 is 0 Å². The van der Waals surface area contributed by atoms with Gasteiger partial charge in [-0.1, -0.05) is 32.0 Å². The summed E-state index contributed by atoms with van der Waals surface area (Å²) < 4.78 is 2.09. The van der Waals surface area contributed by atoms with Crippen molar-refractivity contribution < 1.29 is 0 Å². The van der Waals surface area contributed by atoms with Crippen molar-refractivity contribution in [3.63, 3.8) is 0 Å². The smallest absolute Gasteiger partial charge is 0.191 e. The first kappa shape index (κ1) is 12.5. The summed E-state index contributed by atoms with van der Waals surface area (Å²) in [5, 5.41) is 9.85. The lowest BCUT2D eigenvalue weighted by Gasteiger charge is -2.10. The minimum absolute atomic E-state index is 0.593. The average Bonchev–Trinajstić information content (AvgIpc) is 2.51. The van der Waals surface area contributed by atoms with Crippen LogP contribution in [0.25, 0.3) is 0 Å². The summed E-state index contributed by atoms with van der Waals surface area (Å²) in [5.74, 6) is 0.951. The number of rotatable bonds is 6. The zero-order valence-electron chi connectivity index (χ0n) is 9.73. The van der Waals surface area contributed by atoms with Crippen molar-refractivity contribution in [1.29, 1.82) is 0 Å². The highest BCUT2D eigenvalue weighted by molar-refractivity contribution is 7.99. The lowest BCUT2D eigenvalue weighted by atomic mass is 10.3. The van der Waals surface area contributed by atoms with Gasteiger partial charge in [0.25, 0.3) is 0 Å². The fraction of sp³-hybridized carbons (Fsp3) is 0.800. The molecule has 0 spiro atoms. The highest BCUT2D eigenvalue weighted by atomic mass is 32.2. The van der Waals surface area contributed by atoms with Gasteiger partial charge in [0.1, 0.15) is 5.82 Å². The summed E-state index contributed by atoms with van der Waals surface area (Å²) >= 11 is 1.79. The molecule has 4 nitrogen and oxygen atoms in total. The van der Waals surface area contributed by atoms with Gasteiger partial charge in [-0.05, 0) is 13.3 Å². The fourth-order valence-electron chi connectivity index (χ4n) is 1.48. The molecule has 5 heteroatoms. The molecule has 1 aromatic heterocycles. The first-order valence-electron chi connectivity index (χ1n) is 5.45. The molecule has 0 aliphatic heterocycles. The fourth-order valence-corrected chi connectivity index (χ4v) is 2.63. The van der Waals surface area contributed by atoms with Gasteiger partial charge < -0.3 is 10.3 Å². The van der Waals surface area contributed by atoms with Gasteiger partial charge in [0.05, 0.1) is 0 Å². The Hall–Kier alpha value is -0.550. The van der Waals surface area contributed by atoms with Crippen molar-refractivity contribution in [2.75, 3.05) is 6.54 Å². The topological polar surface area (TPSA) is 56.7 Å². The van der Waals surface area contributed by atoms with E-state index < -0.39 is 0 Å². The largest absolute Gasteiger partial charge is 0.329 e. The third-order valence-electron chi connectivity index (χ3n) is 2.26. The number of aryl methyl sites for hydroxylation is 1. The maximum Gasteiger partial charge on any atom is 0.191 e. The van der Waals surface area contributed by atoms with Crippen molar-refractivity contribution in [2.45, 2.75) is 50.6 Å². The predicted octanol–water partition coefficient (Wildman–Crippen LogP) is 1.83. The molecule has 1 heterocycles. The summed E-state index contributed by atoms with van der Waals surface area (Å²) in [6.45, 7) is 7.84. The normalized spacial score (nSPS) is 13.1. The van der Waals surface area contributed by atoms with Crippen LogP contribution in [0.3, 0.4) is 0 Å². The highest BCUT2D eigenvalue weighted by Crippen LogP contribution is 2.24. The molecule has 86 valence electrons. The maximum atomic E-state index is 5.56. The third kappa shape index (κ3) is 3.50. The Kier molecular flexibility index (Phi) is 5.11. The Bertz CT molecular complexity index is 298. The van der Waals surface area contributed by atoms with Gasteiger partial charge in [-0.3, -0.25) is 0 Å². The van der Waals surface area contributed by atoms with Crippen LogP contribution in [0.1, 0.15) is 32.5 Å². The van der Waals surface area contributed by atoms with Crippen LogP contribution in [0.5, 0.6) is 0 Å². The molecule has 1 rings (SSSR count). The second-order valence-electron chi connectivity index (χ2n) is 3.69. The predicted molar refractivity (Wildman–Crippen MR) is 64.0 cm³/mol. The lowest BCUT2D eigenvalue weighted by Crippen LogP contribution is -2.12. The van der Waals surface area contributed by atoms with Crippen molar-refractivity contribution in [3.8, 4) is 0 Å². The van der Waals surface area contributed by atoms with E-state index in [1.54, 1.807) is 11.8 Å². The van der Waals surface area contributed by atoms with E-state index in [1.807, 2.05) is 6.92 Å². The molecule has 0 saturated carbocycles. The van der Waals surface area contributed by atoms with Crippen LogP contribution in [-0.4, -0.2) is 26.6 Å². The maximum absolute atomic E-state index is 5.56. The van der Waals surface area contributed by atoms with Gasteiger partial charge in [0.2, 0.25) is 0 Å². The van der Waals surface area contributed by atoms with Crippen LogP contribution in [0.2, 0.25) is 0 Å². The first-order chi connectivity index (χ1) is 7.19. The van der Waals surface area contributed by atoms with E-state index in [4.69, 9.17) is 5.73 Å². The van der Waals surface area contributed by atoms with Gasteiger partial charge in [-0.15, -0.1) is 10.2 Å². The summed E-state index contributed by atoms with van der Waals surface area (Å²) in [6.07, 6.45) is 2.41. The summed E-state index contributed by atoms with van der Waals surface area (Å²) in [7, 11) is 0. The van der Waals surface area contributed by atoms with E-state index in [-0.39, 0.29) is 0 Å². The number of hydrogen-bond acceptors (Lipinski definition) is 4. The molecule has 0 fully saturated rings. The second-order valence-corrected chi connectivity index (χ2v) is 5.09. The van der Waals surface area contributed by atoms with E-state index in [0.29, 0.717) is 11.8 Å². The lowest BCUT2D eigenvalue weighted by molar-refractivity contribution is 0.625. The number of aromatic nitrogens is 3. The quantitative estimate of drug-likeness (QED) is 0.755.